The van der Waals surface area contributed by atoms with Crippen LogP contribution in [0, 0.1) is 5.82 Å². The third-order valence-corrected chi connectivity index (χ3v) is 3.55. The van der Waals surface area contributed by atoms with Gasteiger partial charge in [0.05, 0.1) is 5.52 Å². The van der Waals surface area contributed by atoms with E-state index < -0.39 is 0 Å². The quantitative estimate of drug-likeness (QED) is 0.390. The standard InChI is InChI=1S/C18H11ClFNO/c19-18-14(11-13-3-1-2-4-16(13)21-18)7-10-17(22)12-5-8-15(20)9-6-12/h1-11H/b10-7+. The van der Waals surface area contributed by atoms with Gasteiger partial charge in [0.25, 0.3) is 0 Å². The van der Waals surface area contributed by atoms with Crippen molar-refractivity contribution in [1.29, 1.82) is 0 Å². The third kappa shape index (κ3) is 3.05. The molecule has 0 radical (unpaired) electrons. The van der Waals surface area contributed by atoms with Crippen LogP contribution >= 0.6 is 11.6 Å². The summed E-state index contributed by atoms with van der Waals surface area (Å²) in [6, 6.07) is 14.9. The first-order chi connectivity index (χ1) is 10.6. The Morgan fingerprint density at radius 3 is 2.59 bits per heavy atom. The number of pyridine rings is 1. The zero-order valence-corrected chi connectivity index (χ0v) is 12.2. The molecule has 0 saturated carbocycles. The lowest BCUT2D eigenvalue weighted by Gasteiger charge is -2.02. The van der Waals surface area contributed by atoms with Crippen LogP contribution in [0.5, 0.6) is 0 Å². The molecule has 0 aliphatic carbocycles. The lowest BCUT2D eigenvalue weighted by atomic mass is 10.1. The number of allylic oxidation sites excluding steroid dienone is 1. The molecule has 3 aromatic rings. The molecule has 0 fully saturated rings. The topological polar surface area (TPSA) is 30.0 Å². The van der Waals surface area contributed by atoms with Crippen LogP contribution in [-0.4, -0.2) is 10.8 Å². The normalized spacial score (nSPS) is 11.2. The van der Waals surface area contributed by atoms with E-state index in [0.29, 0.717) is 16.3 Å². The van der Waals surface area contributed by atoms with E-state index in [2.05, 4.69) is 4.98 Å². The van der Waals surface area contributed by atoms with Gasteiger partial charge < -0.3 is 0 Å². The number of carbonyl (C=O) groups is 1. The number of benzene rings is 2. The van der Waals surface area contributed by atoms with Gasteiger partial charge in [-0.05, 0) is 48.6 Å². The maximum absolute atomic E-state index is 12.8. The monoisotopic (exact) mass is 311 g/mol. The van der Waals surface area contributed by atoms with Crippen LogP contribution in [0.25, 0.3) is 17.0 Å². The summed E-state index contributed by atoms with van der Waals surface area (Å²) in [5.41, 5.74) is 1.88. The molecule has 108 valence electrons. The maximum Gasteiger partial charge on any atom is 0.185 e. The molecule has 0 unspecified atom stereocenters. The molecule has 0 aliphatic heterocycles. The lowest BCUT2D eigenvalue weighted by Crippen LogP contribution is -1.94. The molecule has 2 aromatic carbocycles. The van der Waals surface area contributed by atoms with Gasteiger partial charge >= 0.3 is 0 Å². The van der Waals surface area contributed by atoms with Gasteiger partial charge in [0.15, 0.2) is 5.78 Å². The van der Waals surface area contributed by atoms with E-state index in [4.69, 9.17) is 11.6 Å². The van der Waals surface area contributed by atoms with Crippen molar-refractivity contribution in [3.63, 3.8) is 0 Å². The van der Waals surface area contributed by atoms with Crippen molar-refractivity contribution < 1.29 is 9.18 Å². The third-order valence-electron chi connectivity index (χ3n) is 3.25. The summed E-state index contributed by atoms with van der Waals surface area (Å²) in [4.78, 5) is 16.3. The van der Waals surface area contributed by atoms with E-state index >= 15 is 0 Å². The Morgan fingerprint density at radius 1 is 1.09 bits per heavy atom. The molecule has 0 saturated heterocycles. The SMILES string of the molecule is O=C(/C=C/c1cc2ccccc2nc1Cl)c1ccc(F)cc1. The number of halogens is 2. The highest BCUT2D eigenvalue weighted by Gasteiger charge is 2.05. The first-order valence-corrected chi connectivity index (χ1v) is 7.04. The summed E-state index contributed by atoms with van der Waals surface area (Å²) in [5.74, 6) is -0.591. The fraction of sp³-hybridized carbons (Fsp3) is 0. The number of nitrogens with zero attached hydrogens (tertiary/aromatic N) is 1. The summed E-state index contributed by atoms with van der Waals surface area (Å²) in [6.45, 7) is 0. The molecule has 0 atom stereocenters. The molecule has 2 nitrogen and oxygen atoms in total. The first kappa shape index (κ1) is 14.4. The summed E-state index contributed by atoms with van der Waals surface area (Å²) in [5, 5.41) is 1.28. The molecule has 3 rings (SSSR count). The van der Waals surface area contributed by atoms with E-state index in [-0.39, 0.29) is 11.6 Å². The molecule has 0 amide bonds. The lowest BCUT2D eigenvalue weighted by molar-refractivity contribution is 0.104. The fourth-order valence-electron chi connectivity index (χ4n) is 2.10. The van der Waals surface area contributed by atoms with Crippen LogP contribution in [-0.2, 0) is 0 Å². The van der Waals surface area contributed by atoms with Crippen LogP contribution in [0.3, 0.4) is 0 Å². The summed E-state index contributed by atoms with van der Waals surface area (Å²) in [7, 11) is 0. The van der Waals surface area contributed by atoms with Gasteiger partial charge in [-0.3, -0.25) is 4.79 Å². The molecule has 1 aromatic heterocycles. The van der Waals surface area contributed by atoms with Crippen molar-refractivity contribution in [1.82, 2.24) is 4.98 Å². The smallest absolute Gasteiger partial charge is 0.185 e. The highest BCUT2D eigenvalue weighted by molar-refractivity contribution is 6.31. The number of fused-ring (bicyclic) bond motifs is 1. The minimum absolute atomic E-state index is 0.218. The van der Waals surface area contributed by atoms with Crippen LogP contribution < -0.4 is 0 Å². The zero-order valence-electron chi connectivity index (χ0n) is 11.5. The molecule has 4 heteroatoms. The van der Waals surface area contributed by atoms with E-state index in [1.54, 1.807) is 6.08 Å². The minimum atomic E-state index is -0.373. The minimum Gasteiger partial charge on any atom is -0.289 e. The Hall–Kier alpha value is -2.52. The Balaban J connectivity index is 1.90. The van der Waals surface area contributed by atoms with Crippen molar-refractivity contribution in [2.75, 3.05) is 0 Å². The number of hydrogen-bond acceptors (Lipinski definition) is 2. The van der Waals surface area contributed by atoms with Crippen molar-refractivity contribution >= 4 is 34.4 Å². The van der Waals surface area contributed by atoms with Gasteiger partial charge in [-0.2, -0.15) is 0 Å². The highest BCUT2D eigenvalue weighted by atomic mass is 35.5. The van der Waals surface area contributed by atoms with Crippen LogP contribution in [0.1, 0.15) is 15.9 Å². The second-order valence-corrected chi connectivity index (χ2v) is 5.12. The number of para-hydroxylation sites is 1. The fourth-order valence-corrected chi connectivity index (χ4v) is 2.31. The Labute approximate surface area is 131 Å². The van der Waals surface area contributed by atoms with E-state index in [1.807, 2.05) is 30.3 Å². The van der Waals surface area contributed by atoms with Gasteiger partial charge in [0.1, 0.15) is 11.0 Å². The van der Waals surface area contributed by atoms with Gasteiger partial charge in [-0.15, -0.1) is 0 Å². The van der Waals surface area contributed by atoms with Crippen molar-refractivity contribution in [3.8, 4) is 0 Å². The van der Waals surface area contributed by atoms with Gasteiger partial charge in [-0.1, -0.05) is 29.8 Å². The van der Waals surface area contributed by atoms with Crippen LogP contribution in [0.2, 0.25) is 5.15 Å². The Bertz CT molecular complexity index is 872. The molecular formula is C18H11ClFNO. The van der Waals surface area contributed by atoms with E-state index in [9.17, 15) is 9.18 Å². The first-order valence-electron chi connectivity index (χ1n) is 6.67. The number of hydrogen-bond donors (Lipinski definition) is 0. The van der Waals surface area contributed by atoms with Crippen molar-refractivity contribution in [2.45, 2.75) is 0 Å². The summed E-state index contributed by atoms with van der Waals surface area (Å²) >= 11 is 6.13. The average Bonchev–Trinajstić information content (AvgIpc) is 2.53. The highest BCUT2D eigenvalue weighted by Crippen LogP contribution is 2.21. The Kier molecular flexibility index (Phi) is 3.98. The number of ketones is 1. The van der Waals surface area contributed by atoms with E-state index in [1.165, 1.54) is 30.3 Å². The largest absolute Gasteiger partial charge is 0.289 e. The maximum atomic E-state index is 12.8. The Morgan fingerprint density at radius 2 is 1.82 bits per heavy atom. The van der Waals surface area contributed by atoms with E-state index in [0.717, 1.165) is 10.9 Å². The average molecular weight is 312 g/mol. The predicted molar refractivity (Wildman–Crippen MR) is 86.5 cm³/mol. The van der Waals surface area contributed by atoms with Gasteiger partial charge in [0, 0.05) is 16.5 Å². The molecule has 22 heavy (non-hydrogen) atoms. The zero-order chi connectivity index (χ0) is 15.5. The van der Waals surface area contributed by atoms with Gasteiger partial charge in [0.2, 0.25) is 0 Å². The number of rotatable bonds is 3. The summed E-state index contributed by atoms with van der Waals surface area (Å²) < 4.78 is 12.8. The van der Waals surface area contributed by atoms with Crippen molar-refractivity contribution in [3.05, 3.63) is 82.8 Å². The second kappa shape index (κ2) is 6.08. The van der Waals surface area contributed by atoms with Crippen LogP contribution in [0.4, 0.5) is 4.39 Å². The molecule has 1 heterocycles. The second-order valence-electron chi connectivity index (χ2n) is 4.77. The summed E-state index contributed by atoms with van der Waals surface area (Å²) in [6.07, 6.45) is 3.03. The molecule has 0 spiro atoms. The predicted octanol–water partition coefficient (Wildman–Crippen LogP) is 4.92. The van der Waals surface area contributed by atoms with Crippen molar-refractivity contribution in [2.24, 2.45) is 0 Å². The molecule has 0 bridgehead atoms. The molecular weight excluding hydrogens is 301 g/mol. The number of aromatic nitrogens is 1. The molecule has 0 N–H and O–H groups in total. The van der Waals surface area contributed by atoms with Crippen LogP contribution in [0.15, 0.2) is 60.7 Å². The molecule has 0 aliphatic rings. The number of carbonyl (C=O) groups excluding carboxylic acids is 1. The van der Waals surface area contributed by atoms with Gasteiger partial charge in [-0.25, -0.2) is 9.37 Å².